The lowest BCUT2D eigenvalue weighted by atomic mass is 9.68. The fourth-order valence-corrected chi connectivity index (χ4v) is 2.80. The SMILES string of the molecule is CCN(CC)CC1=CC(C(C)(C)C)C(=O)C(C(C)(C)C)=C1. The molecule has 0 aliphatic heterocycles. The van der Waals surface area contributed by atoms with Crippen molar-refractivity contribution >= 4 is 5.78 Å². The highest BCUT2D eigenvalue weighted by atomic mass is 16.1. The monoisotopic (exact) mass is 291 g/mol. The Labute approximate surface area is 131 Å². The van der Waals surface area contributed by atoms with E-state index in [0.717, 1.165) is 25.2 Å². The number of Topliss-reactive ketones (excluding diaryl/α,β-unsaturated/α-hetero) is 1. The summed E-state index contributed by atoms with van der Waals surface area (Å²) in [6, 6.07) is 0. The molecule has 21 heavy (non-hydrogen) atoms. The summed E-state index contributed by atoms with van der Waals surface area (Å²) in [6.45, 7) is 20.3. The van der Waals surface area contributed by atoms with Crippen LogP contribution in [-0.2, 0) is 4.79 Å². The minimum absolute atomic E-state index is 0.0118. The van der Waals surface area contributed by atoms with Gasteiger partial charge in [-0.05, 0) is 29.5 Å². The molecule has 2 nitrogen and oxygen atoms in total. The van der Waals surface area contributed by atoms with Gasteiger partial charge in [-0.1, -0.05) is 67.5 Å². The molecular weight excluding hydrogens is 258 g/mol. The first-order valence-electron chi connectivity index (χ1n) is 8.20. The van der Waals surface area contributed by atoms with Gasteiger partial charge in [0.15, 0.2) is 5.78 Å². The predicted octanol–water partition coefficient (Wildman–Crippen LogP) is 4.47. The van der Waals surface area contributed by atoms with E-state index in [1.54, 1.807) is 0 Å². The zero-order valence-electron chi connectivity index (χ0n) is 15.2. The minimum atomic E-state index is -0.0939. The molecular formula is C19H33NO. The van der Waals surface area contributed by atoms with Crippen LogP contribution in [0.25, 0.3) is 0 Å². The molecule has 1 aliphatic carbocycles. The fraction of sp³-hybridized carbons (Fsp3) is 0.737. The Bertz CT molecular complexity index is 439. The van der Waals surface area contributed by atoms with Crippen molar-refractivity contribution in [2.45, 2.75) is 55.4 Å². The van der Waals surface area contributed by atoms with E-state index in [9.17, 15) is 4.79 Å². The van der Waals surface area contributed by atoms with E-state index in [2.05, 4.69) is 72.4 Å². The lowest BCUT2D eigenvalue weighted by Crippen LogP contribution is -2.36. The summed E-state index contributed by atoms with van der Waals surface area (Å²) >= 11 is 0. The molecule has 0 saturated heterocycles. The average molecular weight is 291 g/mol. The van der Waals surface area contributed by atoms with Crippen molar-refractivity contribution in [1.29, 1.82) is 0 Å². The van der Waals surface area contributed by atoms with Crippen LogP contribution in [-0.4, -0.2) is 30.3 Å². The van der Waals surface area contributed by atoms with Crippen LogP contribution < -0.4 is 0 Å². The smallest absolute Gasteiger partial charge is 0.166 e. The Morgan fingerprint density at radius 1 is 1.05 bits per heavy atom. The molecule has 0 saturated carbocycles. The van der Waals surface area contributed by atoms with Crippen molar-refractivity contribution in [2.75, 3.05) is 19.6 Å². The Kier molecular flexibility index (Phi) is 5.60. The van der Waals surface area contributed by atoms with Crippen molar-refractivity contribution in [3.05, 3.63) is 23.3 Å². The van der Waals surface area contributed by atoms with Gasteiger partial charge in [0.05, 0.1) is 0 Å². The second-order valence-corrected chi connectivity index (χ2v) is 8.22. The van der Waals surface area contributed by atoms with Crippen molar-refractivity contribution in [1.82, 2.24) is 4.90 Å². The lowest BCUT2D eigenvalue weighted by molar-refractivity contribution is -0.121. The number of likely N-dealkylation sites (N-methyl/N-ethyl adjacent to an activating group) is 1. The maximum absolute atomic E-state index is 12.9. The Hall–Kier alpha value is -0.890. The minimum Gasteiger partial charge on any atom is -0.300 e. The second-order valence-electron chi connectivity index (χ2n) is 8.22. The zero-order chi connectivity index (χ0) is 16.4. The highest BCUT2D eigenvalue weighted by Crippen LogP contribution is 2.39. The number of allylic oxidation sites excluding steroid dienone is 2. The van der Waals surface area contributed by atoms with E-state index < -0.39 is 0 Å². The fourth-order valence-electron chi connectivity index (χ4n) is 2.80. The van der Waals surface area contributed by atoms with Crippen LogP contribution in [0.4, 0.5) is 0 Å². The molecule has 0 heterocycles. The molecule has 0 aromatic rings. The van der Waals surface area contributed by atoms with Gasteiger partial charge in [0, 0.05) is 18.0 Å². The highest BCUT2D eigenvalue weighted by molar-refractivity contribution is 6.01. The van der Waals surface area contributed by atoms with E-state index in [4.69, 9.17) is 0 Å². The van der Waals surface area contributed by atoms with Gasteiger partial charge in [-0.2, -0.15) is 0 Å². The Morgan fingerprint density at radius 3 is 1.95 bits per heavy atom. The largest absolute Gasteiger partial charge is 0.300 e. The van der Waals surface area contributed by atoms with Crippen LogP contribution in [0.1, 0.15) is 55.4 Å². The average Bonchev–Trinajstić information content (AvgIpc) is 2.34. The molecule has 1 aliphatic rings. The first-order valence-corrected chi connectivity index (χ1v) is 8.20. The van der Waals surface area contributed by atoms with E-state index in [1.807, 2.05) is 0 Å². The number of carbonyl (C=O) groups excluding carboxylic acids is 1. The van der Waals surface area contributed by atoms with Crippen molar-refractivity contribution in [3.63, 3.8) is 0 Å². The molecule has 0 spiro atoms. The number of carbonyl (C=O) groups is 1. The van der Waals surface area contributed by atoms with E-state index >= 15 is 0 Å². The summed E-state index contributed by atoms with van der Waals surface area (Å²) in [7, 11) is 0. The number of hydrogen-bond donors (Lipinski definition) is 0. The maximum Gasteiger partial charge on any atom is 0.166 e. The number of hydrogen-bond acceptors (Lipinski definition) is 2. The van der Waals surface area contributed by atoms with E-state index in [1.165, 1.54) is 5.57 Å². The third kappa shape index (κ3) is 4.54. The molecule has 0 bridgehead atoms. The Balaban J connectivity index is 3.20. The summed E-state index contributed by atoms with van der Waals surface area (Å²) in [5.74, 6) is 0.292. The number of nitrogens with zero attached hydrogens (tertiary/aromatic N) is 1. The number of rotatable bonds is 4. The molecule has 2 heteroatoms. The normalized spacial score (nSPS) is 20.6. The van der Waals surface area contributed by atoms with E-state index in [0.29, 0.717) is 5.78 Å². The van der Waals surface area contributed by atoms with Gasteiger partial charge in [-0.25, -0.2) is 0 Å². The molecule has 1 atom stereocenters. The molecule has 0 N–H and O–H groups in total. The summed E-state index contributed by atoms with van der Waals surface area (Å²) in [6.07, 6.45) is 4.35. The van der Waals surface area contributed by atoms with Crippen LogP contribution >= 0.6 is 0 Å². The summed E-state index contributed by atoms with van der Waals surface area (Å²) < 4.78 is 0. The number of ketones is 1. The van der Waals surface area contributed by atoms with Crippen LogP contribution in [0, 0.1) is 16.7 Å². The van der Waals surface area contributed by atoms with Gasteiger partial charge >= 0.3 is 0 Å². The molecule has 1 unspecified atom stereocenters. The molecule has 1 rings (SSSR count). The Morgan fingerprint density at radius 2 is 1.57 bits per heavy atom. The molecule has 0 fully saturated rings. The first-order chi connectivity index (χ1) is 9.50. The van der Waals surface area contributed by atoms with Crippen LogP contribution in [0.3, 0.4) is 0 Å². The third-order valence-electron chi connectivity index (χ3n) is 4.30. The van der Waals surface area contributed by atoms with Gasteiger partial charge < -0.3 is 0 Å². The lowest BCUT2D eigenvalue weighted by Gasteiger charge is -2.35. The van der Waals surface area contributed by atoms with Crippen LogP contribution in [0.5, 0.6) is 0 Å². The van der Waals surface area contributed by atoms with Gasteiger partial charge in [0.2, 0.25) is 0 Å². The van der Waals surface area contributed by atoms with E-state index in [-0.39, 0.29) is 16.7 Å². The summed E-state index contributed by atoms with van der Waals surface area (Å²) in [5.41, 5.74) is 2.15. The molecule has 0 amide bonds. The second kappa shape index (κ2) is 6.48. The summed E-state index contributed by atoms with van der Waals surface area (Å²) in [4.78, 5) is 15.3. The van der Waals surface area contributed by atoms with Crippen LogP contribution in [0.15, 0.2) is 23.3 Å². The molecule has 120 valence electrons. The van der Waals surface area contributed by atoms with Gasteiger partial charge in [0.25, 0.3) is 0 Å². The van der Waals surface area contributed by atoms with Crippen molar-refractivity contribution in [2.24, 2.45) is 16.7 Å². The molecule has 0 aromatic carbocycles. The van der Waals surface area contributed by atoms with Crippen molar-refractivity contribution in [3.8, 4) is 0 Å². The topological polar surface area (TPSA) is 20.3 Å². The summed E-state index contributed by atoms with van der Waals surface area (Å²) in [5, 5.41) is 0. The quantitative estimate of drug-likeness (QED) is 0.761. The van der Waals surface area contributed by atoms with Gasteiger partial charge in [-0.15, -0.1) is 0 Å². The molecule has 0 radical (unpaired) electrons. The van der Waals surface area contributed by atoms with Gasteiger partial charge in [0.1, 0.15) is 0 Å². The maximum atomic E-state index is 12.9. The predicted molar refractivity (Wildman–Crippen MR) is 91.4 cm³/mol. The van der Waals surface area contributed by atoms with Crippen LogP contribution in [0.2, 0.25) is 0 Å². The zero-order valence-corrected chi connectivity index (χ0v) is 15.2. The third-order valence-corrected chi connectivity index (χ3v) is 4.30. The standard InChI is InChI=1S/C19H33NO/c1-9-20(10-2)13-14-11-15(18(3,4)5)17(21)16(12-14)19(6,7)8/h11-12,15H,9-10,13H2,1-8H3. The van der Waals surface area contributed by atoms with Crippen molar-refractivity contribution < 1.29 is 4.79 Å². The first kappa shape index (κ1) is 18.2. The molecule has 0 aromatic heterocycles. The van der Waals surface area contributed by atoms with Gasteiger partial charge in [-0.3, -0.25) is 9.69 Å². The highest BCUT2D eigenvalue weighted by Gasteiger charge is 2.37.